The highest BCUT2D eigenvalue weighted by molar-refractivity contribution is 5.18. The van der Waals surface area contributed by atoms with Gasteiger partial charge in [-0.15, -0.1) is 0 Å². The van der Waals surface area contributed by atoms with E-state index in [9.17, 15) is 8.78 Å². The van der Waals surface area contributed by atoms with Crippen molar-refractivity contribution in [2.45, 2.75) is 19.4 Å². The maximum absolute atomic E-state index is 13.3. The van der Waals surface area contributed by atoms with Gasteiger partial charge >= 0.3 is 0 Å². The highest BCUT2D eigenvalue weighted by Crippen LogP contribution is 2.13. The minimum Gasteiger partial charge on any atom is -0.381 e. The van der Waals surface area contributed by atoms with Gasteiger partial charge in [0, 0.05) is 31.3 Å². The van der Waals surface area contributed by atoms with Gasteiger partial charge in [-0.05, 0) is 24.8 Å². The van der Waals surface area contributed by atoms with Crippen LogP contribution in [0.1, 0.15) is 18.4 Å². The van der Waals surface area contributed by atoms with Crippen LogP contribution in [0, 0.1) is 17.6 Å². The van der Waals surface area contributed by atoms with Crippen molar-refractivity contribution in [2.24, 2.45) is 5.92 Å². The normalized spacial score (nSPS) is 20.5. The summed E-state index contributed by atoms with van der Waals surface area (Å²) in [4.78, 5) is 0. The van der Waals surface area contributed by atoms with Crippen LogP contribution in [0.3, 0.4) is 0 Å². The van der Waals surface area contributed by atoms with Crippen LogP contribution in [0.15, 0.2) is 18.2 Å². The van der Waals surface area contributed by atoms with E-state index in [-0.39, 0.29) is 0 Å². The fourth-order valence-electron chi connectivity index (χ4n) is 2.04. The maximum atomic E-state index is 13.3. The van der Waals surface area contributed by atoms with Gasteiger partial charge < -0.3 is 10.1 Å². The number of hydrogen-bond donors (Lipinski definition) is 1. The van der Waals surface area contributed by atoms with Gasteiger partial charge in [-0.3, -0.25) is 0 Å². The third kappa shape index (κ3) is 3.75. The van der Waals surface area contributed by atoms with Crippen molar-refractivity contribution in [1.29, 1.82) is 0 Å². The molecule has 0 aromatic heterocycles. The molecule has 94 valence electrons. The Kier molecular flexibility index (Phi) is 4.45. The van der Waals surface area contributed by atoms with Crippen LogP contribution in [-0.4, -0.2) is 19.8 Å². The molecule has 0 bridgehead atoms. The van der Waals surface area contributed by atoms with E-state index in [1.807, 2.05) is 0 Å². The lowest BCUT2D eigenvalue weighted by atomic mass is 10.0. The number of nitrogens with one attached hydrogen (secondary N) is 1. The molecule has 1 saturated heterocycles. The smallest absolute Gasteiger partial charge is 0.130 e. The predicted molar refractivity (Wildman–Crippen MR) is 61.6 cm³/mol. The molecule has 0 spiro atoms. The first-order chi connectivity index (χ1) is 8.25. The maximum Gasteiger partial charge on any atom is 0.130 e. The van der Waals surface area contributed by atoms with Gasteiger partial charge in [0.25, 0.3) is 0 Å². The monoisotopic (exact) mass is 241 g/mol. The summed E-state index contributed by atoms with van der Waals surface area (Å²) in [7, 11) is 0. The molecular weight excluding hydrogens is 224 g/mol. The lowest BCUT2D eigenvalue weighted by Crippen LogP contribution is -2.29. The van der Waals surface area contributed by atoms with Gasteiger partial charge in [0.1, 0.15) is 11.6 Å². The highest BCUT2D eigenvalue weighted by Gasteiger charge is 2.13. The fraction of sp³-hybridized carbons (Fsp3) is 0.538. The lowest BCUT2D eigenvalue weighted by Gasteiger charge is -2.22. The Morgan fingerprint density at radius 3 is 2.94 bits per heavy atom. The molecule has 1 unspecified atom stereocenters. The SMILES string of the molecule is Fc1ccc(CNCC2CCCOC2)c(F)c1. The standard InChI is InChI=1S/C13H17F2NO/c14-12-4-3-11(13(15)6-12)8-16-7-10-2-1-5-17-9-10/h3-4,6,10,16H,1-2,5,7-9H2. The van der Waals surface area contributed by atoms with E-state index in [1.54, 1.807) is 0 Å². The van der Waals surface area contributed by atoms with Gasteiger partial charge in [0.15, 0.2) is 0 Å². The number of hydrogen-bond acceptors (Lipinski definition) is 2. The summed E-state index contributed by atoms with van der Waals surface area (Å²) in [6.07, 6.45) is 2.25. The minimum atomic E-state index is -0.535. The first-order valence-electron chi connectivity index (χ1n) is 5.98. The van der Waals surface area contributed by atoms with Gasteiger partial charge in [-0.1, -0.05) is 6.07 Å². The van der Waals surface area contributed by atoms with Crippen LogP contribution in [0.25, 0.3) is 0 Å². The van der Waals surface area contributed by atoms with Gasteiger partial charge in [-0.2, -0.15) is 0 Å². The Hall–Kier alpha value is -1.00. The lowest BCUT2D eigenvalue weighted by molar-refractivity contribution is 0.0547. The second kappa shape index (κ2) is 6.07. The number of benzene rings is 1. The zero-order chi connectivity index (χ0) is 12.1. The molecule has 2 nitrogen and oxygen atoms in total. The topological polar surface area (TPSA) is 21.3 Å². The molecule has 0 radical (unpaired) electrons. The third-order valence-electron chi connectivity index (χ3n) is 3.02. The molecular formula is C13H17F2NO. The van der Waals surface area contributed by atoms with Crippen LogP contribution < -0.4 is 5.32 Å². The largest absolute Gasteiger partial charge is 0.381 e. The minimum absolute atomic E-state index is 0.433. The number of rotatable bonds is 4. The van der Waals surface area contributed by atoms with Crippen LogP contribution in [0.4, 0.5) is 8.78 Å². The van der Waals surface area contributed by atoms with E-state index in [4.69, 9.17) is 4.74 Å². The molecule has 1 aromatic carbocycles. The number of ether oxygens (including phenoxy) is 1. The second-order valence-electron chi connectivity index (χ2n) is 4.45. The molecule has 17 heavy (non-hydrogen) atoms. The quantitative estimate of drug-likeness (QED) is 0.874. The molecule has 1 atom stereocenters. The summed E-state index contributed by atoms with van der Waals surface area (Å²) >= 11 is 0. The third-order valence-corrected chi connectivity index (χ3v) is 3.02. The molecule has 0 amide bonds. The summed E-state index contributed by atoms with van der Waals surface area (Å²) < 4.78 is 31.4. The van der Waals surface area contributed by atoms with E-state index >= 15 is 0 Å². The summed E-state index contributed by atoms with van der Waals surface area (Å²) in [5, 5.41) is 3.19. The summed E-state index contributed by atoms with van der Waals surface area (Å²) in [6, 6.07) is 3.68. The molecule has 1 N–H and O–H groups in total. The Morgan fingerprint density at radius 1 is 1.35 bits per heavy atom. The average molecular weight is 241 g/mol. The fourth-order valence-corrected chi connectivity index (χ4v) is 2.04. The van der Waals surface area contributed by atoms with Crippen molar-refractivity contribution in [3.05, 3.63) is 35.4 Å². The van der Waals surface area contributed by atoms with E-state index in [0.29, 0.717) is 18.0 Å². The van der Waals surface area contributed by atoms with Crippen molar-refractivity contribution in [1.82, 2.24) is 5.32 Å². The number of halogens is 2. The molecule has 1 aliphatic rings. The van der Waals surface area contributed by atoms with Crippen LogP contribution in [0.5, 0.6) is 0 Å². The Bertz CT molecular complexity index is 364. The average Bonchev–Trinajstić information content (AvgIpc) is 2.33. The zero-order valence-electron chi connectivity index (χ0n) is 9.72. The molecule has 0 saturated carbocycles. The zero-order valence-corrected chi connectivity index (χ0v) is 9.72. The van der Waals surface area contributed by atoms with Crippen molar-refractivity contribution in [3.8, 4) is 0 Å². The molecule has 0 aliphatic carbocycles. The van der Waals surface area contributed by atoms with Crippen molar-refractivity contribution in [2.75, 3.05) is 19.8 Å². The molecule has 1 heterocycles. The predicted octanol–water partition coefficient (Wildman–Crippen LogP) is 2.48. The molecule has 1 aromatic rings. The van der Waals surface area contributed by atoms with Crippen molar-refractivity contribution >= 4 is 0 Å². The first-order valence-corrected chi connectivity index (χ1v) is 5.98. The van der Waals surface area contributed by atoms with Crippen LogP contribution >= 0.6 is 0 Å². The van der Waals surface area contributed by atoms with Crippen LogP contribution in [-0.2, 0) is 11.3 Å². The Morgan fingerprint density at radius 2 is 2.24 bits per heavy atom. The Balaban J connectivity index is 1.77. The molecule has 2 rings (SSSR count). The molecule has 1 aliphatic heterocycles. The van der Waals surface area contributed by atoms with E-state index in [0.717, 1.165) is 38.7 Å². The van der Waals surface area contributed by atoms with Gasteiger partial charge in [0.2, 0.25) is 0 Å². The van der Waals surface area contributed by atoms with Crippen LogP contribution in [0.2, 0.25) is 0 Å². The van der Waals surface area contributed by atoms with E-state index in [1.165, 1.54) is 12.1 Å². The van der Waals surface area contributed by atoms with Gasteiger partial charge in [0.05, 0.1) is 6.61 Å². The summed E-state index contributed by atoms with van der Waals surface area (Å²) in [5.74, 6) is -0.517. The van der Waals surface area contributed by atoms with Crippen molar-refractivity contribution in [3.63, 3.8) is 0 Å². The van der Waals surface area contributed by atoms with E-state index in [2.05, 4.69) is 5.32 Å². The molecule has 1 fully saturated rings. The molecule has 4 heteroatoms. The highest BCUT2D eigenvalue weighted by atomic mass is 19.1. The Labute approximate surface area is 100.0 Å². The second-order valence-corrected chi connectivity index (χ2v) is 4.45. The van der Waals surface area contributed by atoms with Crippen molar-refractivity contribution < 1.29 is 13.5 Å². The summed E-state index contributed by atoms with van der Waals surface area (Å²) in [6.45, 7) is 2.88. The summed E-state index contributed by atoms with van der Waals surface area (Å²) in [5.41, 5.74) is 0.503. The van der Waals surface area contributed by atoms with E-state index < -0.39 is 11.6 Å². The van der Waals surface area contributed by atoms with Gasteiger partial charge in [-0.25, -0.2) is 8.78 Å². The first kappa shape index (κ1) is 12.5.